The van der Waals surface area contributed by atoms with Gasteiger partial charge in [-0.25, -0.2) is 0 Å². The fourth-order valence-electron chi connectivity index (χ4n) is 5.71. The summed E-state index contributed by atoms with van der Waals surface area (Å²) in [6, 6.07) is 6.28. The third kappa shape index (κ3) is 5.50. The number of para-hydroxylation sites is 1. The van der Waals surface area contributed by atoms with Crippen LogP contribution in [0, 0.1) is 23.7 Å². The second kappa shape index (κ2) is 11.4. The third-order valence-electron chi connectivity index (χ3n) is 7.75. The summed E-state index contributed by atoms with van der Waals surface area (Å²) in [6.45, 7) is 5.61. The topological polar surface area (TPSA) is 70.0 Å². The van der Waals surface area contributed by atoms with E-state index in [4.69, 9.17) is 4.74 Å². The Bertz CT molecular complexity index is 939. The average molecular weight is 466 g/mol. The van der Waals surface area contributed by atoms with E-state index in [0.717, 1.165) is 55.6 Å². The van der Waals surface area contributed by atoms with E-state index in [1.54, 1.807) is 0 Å². The number of piperidine rings is 1. The Kier molecular flexibility index (Phi) is 8.34. The van der Waals surface area contributed by atoms with Crippen LogP contribution in [0.25, 0.3) is 0 Å². The van der Waals surface area contributed by atoms with Gasteiger partial charge in [0.2, 0.25) is 5.91 Å². The van der Waals surface area contributed by atoms with Crippen molar-refractivity contribution in [3.8, 4) is 17.6 Å². The van der Waals surface area contributed by atoms with Crippen LogP contribution in [-0.2, 0) is 11.2 Å². The third-order valence-corrected chi connectivity index (χ3v) is 7.75. The van der Waals surface area contributed by atoms with E-state index in [0.29, 0.717) is 19.3 Å². The number of nitrogens with zero attached hydrogens (tertiary/aromatic N) is 1. The molecule has 1 amide bonds. The summed E-state index contributed by atoms with van der Waals surface area (Å²) in [6.07, 6.45) is 9.64. The standard InChI is InChI=1S/C29H39NO4/c1-3-4-10-20(2)24(31)16-15-22-25(32)19-26-28(22)23-13-8-11-21(29(23)34-26)12-9-14-27(33)30-17-6-5-7-18-30/h8,11,13,15-16,20,22,24-26,28,31-32H,5-7,9-10,12,14,17-19H2,1-2H3/t20-,22-,24+,25+,26-,28-/m0/s1. The summed E-state index contributed by atoms with van der Waals surface area (Å²) in [5.41, 5.74) is 2.30. The molecule has 1 aliphatic carbocycles. The van der Waals surface area contributed by atoms with Gasteiger partial charge >= 0.3 is 0 Å². The zero-order valence-corrected chi connectivity index (χ0v) is 20.6. The molecule has 184 valence electrons. The number of carbonyl (C=O) groups is 1. The highest BCUT2D eigenvalue weighted by Crippen LogP contribution is 2.52. The van der Waals surface area contributed by atoms with Gasteiger partial charge in [0.05, 0.1) is 12.2 Å². The Morgan fingerprint density at radius 2 is 2.09 bits per heavy atom. The molecule has 2 aliphatic heterocycles. The number of amides is 1. The SMILES string of the molecule is CC#CC[C@H](C)[C@H](O)C=C[C@@H]1[C@H]2c3cccc(CCCC(=O)N4CCCCC4)c3O[C@H]2C[C@H]1O. The van der Waals surface area contributed by atoms with Gasteiger partial charge in [0, 0.05) is 49.8 Å². The molecule has 1 saturated heterocycles. The second-order valence-electron chi connectivity index (χ2n) is 10.2. The van der Waals surface area contributed by atoms with E-state index in [-0.39, 0.29) is 29.8 Å². The van der Waals surface area contributed by atoms with Crippen LogP contribution in [-0.4, -0.2) is 52.4 Å². The zero-order chi connectivity index (χ0) is 24.1. The van der Waals surface area contributed by atoms with Crippen molar-refractivity contribution in [1.82, 2.24) is 4.90 Å². The largest absolute Gasteiger partial charge is 0.489 e. The number of hydrogen-bond acceptors (Lipinski definition) is 4. The molecule has 1 aromatic rings. The molecule has 0 radical (unpaired) electrons. The van der Waals surface area contributed by atoms with Gasteiger partial charge in [-0.05, 0) is 50.5 Å². The Morgan fingerprint density at radius 1 is 1.29 bits per heavy atom. The quantitative estimate of drug-likeness (QED) is 0.446. The van der Waals surface area contributed by atoms with Crippen molar-refractivity contribution in [2.45, 2.75) is 89.4 Å². The summed E-state index contributed by atoms with van der Waals surface area (Å²) >= 11 is 0. The Balaban J connectivity index is 1.40. The van der Waals surface area contributed by atoms with Gasteiger partial charge in [0.15, 0.2) is 0 Å². The highest BCUT2D eigenvalue weighted by molar-refractivity contribution is 5.76. The zero-order valence-electron chi connectivity index (χ0n) is 20.6. The van der Waals surface area contributed by atoms with E-state index in [2.05, 4.69) is 30.0 Å². The number of likely N-dealkylation sites (tertiary alicyclic amines) is 1. The van der Waals surface area contributed by atoms with Gasteiger partial charge in [0.1, 0.15) is 11.9 Å². The summed E-state index contributed by atoms with van der Waals surface area (Å²) in [5, 5.41) is 21.2. The van der Waals surface area contributed by atoms with Crippen LogP contribution < -0.4 is 4.74 Å². The molecule has 1 aromatic carbocycles. The summed E-state index contributed by atoms with van der Waals surface area (Å²) in [5.74, 6) is 7.18. The minimum atomic E-state index is -0.585. The van der Waals surface area contributed by atoms with E-state index in [1.165, 1.54) is 6.42 Å². The fourth-order valence-corrected chi connectivity index (χ4v) is 5.71. The number of aliphatic hydroxyl groups excluding tert-OH is 2. The van der Waals surface area contributed by atoms with Crippen molar-refractivity contribution >= 4 is 5.91 Å². The van der Waals surface area contributed by atoms with Gasteiger partial charge < -0.3 is 19.8 Å². The van der Waals surface area contributed by atoms with Crippen LogP contribution in [0.1, 0.15) is 75.8 Å². The van der Waals surface area contributed by atoms with Crippen LogP contribution >= 0.6 is 0 Å². The van der Waals surface area contributed by atoms with Gasteiger partial charge in [0.25, 0.3) is 0 Å². The number of hydrogen-bond donors (Lipinski definition) is 2. The number of ether oxygens (including phenoxy) is 1. The van der Waals surface area contributed by atoms with Crippen molar-refractivity contribution in [2.24, 2.45) is 11.8 Å². The minimum absolute atomic E-state index is 0.0451. The van der Waals surface area contributed by atoms with Gasteiger partial charge in [-0.3, -0.25) is 4.79 Å². The van der Waals surface area contributed by atoms with Crippen LogP contribution in [0.5, 0.6) is 5.75 Å². The molecule has 4 rings (SSSR count). The molecule has 2 N–H and O–H groups in total. The number of fused-ring (bicyclic) bond motifs is 3. The first kappa shape index (κ1) is 24.8. The average Bonchev–Trinajstić information content (AvgIpc) is 3.36. The van der Waals surface area contributed by atoms with E-state index in [1.807, 2.05) is 30.9 Å². The molecule has 0 bridgehead atoms. The molecule has 2 fully saturated rings. The van der Waals surface area contributed by atoms with E-state index >= 15 is 0 Å². The number of rotatable bonds is 8. The summed E-state index contributed by atoms with van der Waals surface area (Å²) < 4.78 is 6.37. The lowest BCUT2D eigenvalue weighted by Crippen LogP contribution is -2.35. The first-order valence-electron chi connectivity index (χ1n) is 13.0. The lowest BCUT2D eigenvalue weighted by Gasteiger charge is -2.26. The van der Waals surface area contributed by atoms with Crippen LogP contribution in [0.3, 0.4) is 0 Å². The fraction of sp³-hybridized carbons (Fsp3) is 0.621. The molecular weight excluding hydrogens is 426 g/mol. The Morgan fingerprint density at radius 3 is 2.85 bits per heavy atom. The number of carbonyl (C=O) groups excluding carboxylic acids is 1. The van der Waals surface area contributed by atoms with Crippen molar-refractivity contribution in [2.75, 3.05) is 13.1 Å². The molecule has 0 spiro atoms. The molecule has 1 saturated carbocycles. The molecule has 6 atom stereocenters. The van der Waals surface area contributed by atoms with Crippen molar-refractivity contribution in [3.05, 3.63) is 41.5 Å². The molecular formula is C29H39NO4. The number of aryl methyl sites for hydroxylation is 1. The molecule has 0 aromatic heterocycles. The predicted octanol–water partition coefficient (Wildman–Crippen LogP) is 4.21. The lowest BCUT2D eigenvalue weighted by atomic mass is 9.86. The number of aliphatic hydroxyl groups is 2. The molecule has 34 heavy (non-hydrogen) atoms. The molecule has 3 aliphatic rings. The van der Waals surface area contributed by atoms with Gasteiger partial charge in [-0.1, -0.05) is 37.3 Å². The minimum Gasteiger partial charge on any atom is -0.489 e. The van der Waals surface area contributed by atoms with Crippen LogP contribution in [0.4, 0.5) is 0 Å². The van der Waals surface area contributed by atoms with E-state index in [9.17, 15) is 15.0 Å². The first-order valence-corrected chi connectivity index (χ1v) is 13.0. The molecule has 2 heterocycles. The molecule has 5 nitrogen and oxygen atoms in total. The summed E-state index contributed by atoms with van der Waals surface area (Å²) in [7, 11) is 0. The monoisotopic (exact) mass is 465 g/mol. The highest BCUT2D eigenvalue weighted by atomic mass is 16.5. The van der Waals surface area contributed by atoms with Crippen molar-refractivity contribution in [1.29, 1.82) is 0 Å². The highest BCUT2D eigenvalue weighted by Gasteiger charge is 2.48. The van der Waals surface area contributed by atoms with Crippen LogP contribution in [0.2, 0.25) is 0 Å². The normalized spacial score (nSPS) is 27.5. The van der Waals surface area contributed by atoms with Crippen LogP contribution in [0.15, 0.2) is 30.4 Å². The second-order valence-corrected chi connectivity index (χ2v) is 10.2. The van der Waals surface area contributed by atoms with Gasteiger partial charge in [-0.15, -0.1) is 11.8 Å². The maximum absolute atomic E-state index is 12.5. The maximum Gasteiger partial charge on any atom is 0.222 e. The van der Waals surface area contributed by atoms with E-state index < -0.39 is 12.2 Å². The molecule has 0 unspecified atom stereocenters. The Labute approximate surface area is 204 Å². The predicted molar refractivity (Wildman–Crippen MR) is 133 cm³/mol. The van der Waals surface area contributed by atoms with Gasteiger partial charge in [-0.2, -0.15) is 0 Å². The Hall–Kier alpha value is -2.29. The van der Waals surface area contributed by atoms with Crippen molar-refractivity contribution in [3.63, 3.8) is 0 Å². The smallest absolute Gasteiger partial charge is 0.222 e. The van der Waals surface area contributed by atoms with Crippen molar-refractivity contribution < 1.29 is 19.7 Å². The lowest BCUT2D eigenvalue weighted by molar-refractivity contribution is -0.132. The summed E-state index contributed by atoms with van der Waals surface area (Å²) in [4.78, 5) is 14.5. The number of benzene rings is 1. The molecule has 5 heteroatoms. The first-order chi connectivity index (χ1) is 16.5. The maximum atomic E-state index is 12.5.